The van der Waals surface area contributed by atoms with E-state index >= 15 is 0 Å². The molecule has 6 nitrogen and oxygen atoms in total. The number of hydrogen-bond acceptors (Lipinski definition) is 2. The monoisotopic (exact) mass is 396 g/mol. The van der Waals surface area contributed by atoms with Crippen LogP contribution in [0.2, 0.25) is 0 Å². The van der Waals surface area contributed by atoms with Gasteiger partial charge >= 0.3 is 6.03 Å². The van der Waals surface area contributed by atoms with E-state index in [1.165, 1.54) is 0 Å². The van der Waals surface area contributed by atoms with Crippen LogP contribution < -0.4 is 5.32 Å². The molecule has 1 fully saturated rings. The minimum absolute atomic E-state index is 0.0149. The van der Waals surface area contributed by atoms with E-state index in [1.807, 2.05) is 66.0 Å². The molecule has 0 radical (unpaired) electrons. The smallest absolute Gasteiger partial charge is 0.322 e. The zero-order valence-corrected chi connectivity index (χ0v) is 17.7. The number of hydrogen-bond donors (Lipinski definition) is 1. The molecule has 29 heavy (non-hydrogen) atoms. The number of nitrogens with zero attached hydrogens (tertiary/aromatic N) is 3. The maximum absolute atomic E-state index is 13.1. The first kappa shape index (κ1) is 21.0. The number of rotatable bonds is 9. The summed E-state index contributed by atoms with van der Waals surface area (Å²) in [5.41, 5.74) is 3.01. The Bertz CT molecular complexity index is 841. The van der Waals surface area contributed by atoms with Gasteiger partial charge in [-0.15, -0.1) is 0 Å². The minimum Gasteiger partial charge on any atom is -0.353 e. The number of aromatic nitrogens is 1. The lowest BCUT2D eigenvalue weighted by atomic mass is 10.1. The summed E-state index contributed by atoms with van der Waals surface area (Å²) in [6, 6.07) is 11.9. The number of carbonyl (C=O) groups is 2. The molecule has 0 saturated heterocycles. The van der Waals surface area contributed by atoms with Gasteiger partial charge in [0.25, 0.3) is 0 Å². The summed E-state index contributed by atoms with van der Waals surface area (Å²) in [7, 11) is 1.99. The van der Waals surface area contributed by atoms with Gasteiger partial charge in [-0.1, -0.05) is 32.0 Å². The molecule has 0 aliphatic heterocycles. The van der Waals surface area contributed by atoms with Gasteiger partial charge in [0.05, 0.1) is 6.54 Å². The van der Waals surface area contributed by atoms with Gasteiger partial charge in [0.15, 0.2) is 0 Å². The third-order valence-corrected chi connectivity index (χ3v) is 5.44. The van der Waals surface area contributed by atoms with E-state index in [-0.39, 0.29) is 18.5 Å². The lowest BCUT2D eigenvalue weighted by molar-refractivity contribution is -0.133. The first-order valence-electron chi connectivity index (χ1n) is 10.6. The largest absolute Gasteiger partial charge is 0.353 e. The van der Waals surface area contributed by atoms with Gasteiger partial charge in [-0.05, 0) is 49.4 Å². The SMILES string of the molecule is CCCN(CC(=O)N(Cc1cccn1C)C1CC1)C(=O)Nc1ccccc1CC. The summed E-state index contributed by atoms with van der Waals surface area (Å²) in [6.07, 6.45) is 5.72. The van der Waals surface area contributed by atoms with E-state index in [2.05, 4.69) is 12.2 Å². The molecule has 1 aliphatic rings. The van der Waals surface area contributed by atoms with E-state index in [0.29, 0.717) is 19.1 Å². The van der Waals surface area contributed by atoms with Gasteiger partial charge in [0.2, 0.25) is 5.91 Å². The van der Waals surface area contributed by atoms with Crippen LogP contribution in [0.25, 0.3) is 0 Å². The number of nitrogens with one attached hydrogen (secondary N) is 1. The van der Waals surface area contributed by atoms with Crippen LogP contribution in [-0.2, 0) is 24.8 Å². The molecule has 1 heterocycles. The Kier molecular flexibility index (Phi) is 6.96. The molecule has 1 N–H and O–H groups in total. The second-order valence-electron chi connectivity index (χ2n) is 7.73. The van der Waals surface area contributed by atoms with Crippen molar-refractivity contribution in [3.05, 3.63) is 53.9 Å². The fourth-order valence-electron chi connectivity index (χ4n) is 3.56. The fraction of sp³-hybridized carbons (Fsp3) is 0.478. The molecule has 0 spiro atoms. The Labute approximate surface area is 173 Å². The lowest BCUT2D eigenvalue weighted by Gasteiger charge is -2.28. The molecular weight excluding hydrogens is 364 g/mol. The van der Waals surface area contributed by atoms with Gasteiger partial charge in [0.1, 0.15) is 6.54 Å². The van der Waals surface area contributed by atoms with Gasteiger partial charge in [0, 0.05) is 37.2 Å². The summed E-state index contributed by atoms with van der Waals surface area (Å²) in [4.78, 5) is 29.6. The maximum Gasteiger partial charge on any atom is 0.322 e. The number of para-hydroxylation sites is 1. The van der Waals surface area contributed by atoms with Crippen LogP contribution in [0, 0.1) is 0 Å². The van der Waals surface area contributed by atoms with E-state index in [1.54, 1.807) is 4.90 Å². The van der Waals surface area contributed by atoms with E-state index in [9.17, 15) is 9.59 Å². The van der Waals surface area contributed by atoms with Crippen LogP contribution in [0.4, 0.5) is 10.5 Å². The van der Waals surface area contributed by atoms with Gasteiger partial charge < -0.3 is 19.7 Å². The molecule has 0 unspecified atom stereocenters. The fourth-order valence-corrected chi connectivity index (χ4v) is 3.56. The Balaban J connectivity index is 1.68. The summed E-state index contributed by atoms with van der Waals surface area (Å²) >= 11 is 0. The average Bonchev–Trinajstić information content (AvgIpc) is 3.48. The number of benzene rings is 1. The summed E-state index contributed by atoms with van der Waals surface area (Å²) in [5, 5.41) is 3.00. The van der Waals surface area contributed by atoms with Crippen molar-refractivity contribution in [1.29, 1.82) is 0 Å². The highest BCUT2D eigenvalue weighted by atomic mass is 16.2. The van der Waals surface area contributed by atoms with Crippen molar-refractivity contribution < 1.29 is 9.59 Å². The summed E-state index contributed by atoms with van der Waals surface area (Å²) in [6.45, 7) is 5.33. The number of urea groups is 1. The summed E-state index contributed by atoms with van der Waals surface area (Å²) < 4.78 is 2.04. The van der Waals surface area contributed by atoms with Crippen LogP contribution in [0.1, 0.15) is 44.4 Å². The first-order valence-corrected chi connectivity index (χ1v) is 10.6. The highest BCUT2D eigenvalue weighted by Crippen LogP contribution is 2.28. The second kappa shape index (κ2) is 9.63. The molecule has 3 amide bonds. The molecule has 0 bridgehead atoms. The van der Waals surface area contributed by atoms with Gasteiger partial charge in [-0.2, -0.15) is 0 Å². The molecule has 0 atom stereocenters. The van der Waals surface area contributed by atoms with Crippen LogP contribution in [0.3, 0.4) is 0 Å². The molecule has 1 saturated carbocycles. The number of carbonyl (C=O) groups excluding carboxylic acids is 2. The molecule has 2 aromatic rings. The highest BCUT2D eigenvalue weighted by molar-refractivity contribution is 5.93. The van der Waals surface area contributed by atoms with Crippen molar-refractivity contribution in [2.75, 3.05) is 18.4 Å². The molecule has 1 aliphatic carbocycles. The van der Waals surface area contributed by atoms with Gasteiger partial charge in [-0.3, -0.25) is 4.79 Å². The average molecular weight is 397 g/mol. The van der Waals surface area contributed by atoms with Gasteiger partial charge in [-0.25, -0.2) is 4.79 Å². The van der Waals surface area contributed by atoms with Crippen LogP contribution in [0.15, 0.2) is 42.6 Å². The highest BCUT2D eigenvalue weighted by Gasteiger charge is 2.34. The van der Waals surface area contributed by atoms with Crippen molar-refractivity contribution in [1.82, 2.24) is 14.4 Å². The quantitative estimate of drug-likeness (QED) is 0.696. The van der Waals surface area contributed by atoms with E-state index in [0.717, 1.165) is 42.6 Å². The predicted molar refractivity (Wildman–Crippen MR) is 116 cm³/mol. The third-order valence-electron chi connectivity index (χ3n) is 5.44. The molecule has 156 valence electrons. The molecule has 6 heteroatoms. The molecule has 1 aromatic heterocycles. The Morgan fingerprint density at radius 2 is 1.90 bits per heavy atom. The predicted octanol–water partition coefficient (Wildman–Crippen LogP) is 4.02. The third kappa shape index (κ3) is 5.40. The zero-order chi connectivity index (χ0) is 20.8. The van der Waals surface area contributed by atoms with Crippen LogP contribution in [0.5, 0.6) is 0 Å². The molecular formula is C23H32N4O2. The number of aryl methyl sites for hydroxylation is 2. The first-order chi connectivity index (χ1) is 14.0. The topological polar surface area (TPSA) is 57.6 Å². The molecule has 3 rings (SSSR count). The van der Waals surface area contributed by atoms with E-state index in [4.69, 9.17) is 0 Å². The summed E-state index contributed by atoms with van der Waals surface area (Å²) in [5.74, 6) is 0.0149. The van der Waals surface area contributed by atoms with Crippen molar-refractivity contribution in [3.63, 3.8) is 0 Å². The Hall–Kier alpha value is -2.76. The van der Waals surface area contributed by atoms with Crippen LogP contribution >= 0.6 is 0 Å². The zero-order valence-electron chi connectivity index (χ0n) is 17.7. The van der Waals surface area contributed by atoms with Crippen molar-refractivity contribution >= 4 is 17.6 Å². The minimum atomic E-state index is -0.212. The number of anilines is 1. The van der Waals surface area contributed by atoms with E-state index < -0.39 is 0 Å². The number of amides is 3. The maximum atomic E-state index is 13.1. The van der Waals surface area contributed by atoms with Crippen LogP contribution in [-0.4, -0.2) is 45.4 Å². The standard InChI is InChI=1S/C23H32N4O2/c1-4-14-26(23(29)24-21-11-7-6-9-18(21)5-2)17-22(28)27(19-12-13-19)16-20-10-8-15-25(20)3/h6-11,15,19H,4-5,12-14,16-17H2,1-3H3,(H,24,29). The Morgan fingerprint density at radius 1 is 1.14 bits per heavy atom. The Morgan fingerprint density at radius 3 is 2.52 bits per heavy atom. The van der Waals surface area contributed by atoms with Crippen molar-refractivity contribution in [2.45, 2.75) is 52.1 Å². The van der Waals surface area contributed by atoms with Crippen molar-refractivity contribution in [3.8, 4) is 0 Å². The lowest BCUT2D eigenvalue weighted by Crippen LogP contribution is -2.45. The molecule has 1 aromatic carbocycles. The second-order valence-corrected chi connectivity index (χ2v) is 7.73. The normalized spacial score (nSPS) is 13.2. The van der Waals surface area contributed by atoms with Crippen molar-refractivity contribution in [2.24, 2.45) is 7.05 Å².